The molecule has 0 aromatic carbocycles. The minimum Gasteiger partial charge on any atom is -0.396 e. The summed E-state index contributed by atoms with van der Waals surface area (Å²) in [4.78, 5) is 10.3. The van der Waals surface area contributed by atoms with E-state index in [2.05, 4.69) is 19.0 Å². The van der Waals surface area contributed by atoms with Crippen LogP contribution in [0.25, 0.3) is 0 Å². The molecule has 0 aromatic heterocycles. The molecule has 3 unspecified atom stereocenters. The fraction of sp³-hybridized carbons (Fsp3) is 1.00. The monoisotopic (exact) mass is 245 g/mol. The summed E-state index contributed by atoms with van der Waals surface area (Å²) in [6, 6.07) is 0. The van der Waals surface area contributed by atoms with Crippen molar-refractivity contribution in [3.8, 4) is 0 Å². The van der Waals surface area contributed by atoms with Gasteiger partial charge in [0.25, 0.3) is 0 Å². The number of hydrogen-bond donors (Lipinski definition) is 2. The Morgan fingerprint density at radius 2 is 1.71 bits per heavy atom. The Morgan fingerprint density at radius 1 is 1.00 bits per heavy atom. The maximum Gasteiger partial charge on any atom is 0.0839 e. The molecule has 0 aromatic rings. The largest absolute Gasteiger partial charge is 0.396 e. The van der Waals surface area contributed by atoms with Gasteiger partial charge in [0.05, 0.1) is 6.54 Å². The molecule has 0 saturated carbocycles. The van der Waals surface area contributed by atoms with Crippen LogP contribution in [0.1, 0.15) is 46.0 Å². The standard InChI is InChI=1S/C13H27NO3/c1-11(5-7-16)8-12(2)9-13(10-14-17)4-3-6-15/h11-13,15-16H,3-10H2,1-2H3. The number of rotatable bonds is 11. The molecule has 102 valence electrons. The summed E-state index contributed by atoms with van der Waals surface area (Å²) in [5, 5.41) is 20.6. The van der Waals surface area contributed by atoms with Crippen molar-refractivity contribution >= 4 is 0 Å². The summed E-state index contributed by atoms with van der Waals surface area (Å²) in [5.41, 5.74) is 0. The Kier molecular flexibility index (Phi) is 10.4. The van der Waals surface area contributed by atoms with Crippen LogP contribution in [0.15, 0.2) is 5.18 Å². The number of hydrogen-bond acceptors (Lipinski definition) is 4. The van der Waals surface area contributed by atoms with Gasteiger partial charge in [0.2, 0.25) is 0 Å². The lowest BCUT2D eigenvalue weighted by atomic mass is 9.86. The zero-order valence-corrected chi connectivity index (χ0v) is 11.1. The van der Waals surface area contributed by atoms with Gasteiger partial charge < -0.3 is 10.2 Å². The minimum absolute atomic E-state index is 0.185. The number of aliphatic hydroxyl groups is 2. The molecule has 0 bridgehead atoms. The lowest BCUT2D eigenvalue weighted by Crippen LogP contribution is -2.13. The molecule has 0 heterocycles. The zero-order chi connectivity index (χ0) is 13.1. The van der Waals surface area contributed by atoms with Gasteiger partial charge in [-0.15, -0.1) is 0 Å². The predicted octanol–water partition coefficient (Wildman–Crippen LogP) is 2.58. The third-order valence-electron chi connectivity index (χ3n) is 3.27. The Hall–Kier alpha value is -0.480. The van der Waals surface area contributed by atoms with E-state index in [1.807, 2.05) is 0 Å². The summed E-state index contributed by atoms with van der Waals surface area (Å²) in [7, 11) is 0. The van der Waals surface area contributed by atoms with E-state index >= 15 is 0 Å². The average molecular weight is 245 g/mol. The van der Waals surface area contributed by atoms with Crippen LogP contribution in [-0.4, -0.2) is 30.0 Å². The van der Waals surface area contributed by atoms with Crippen molar-refractivity contribution in [1.29, 1.82) is 0 Å². The van der Waals surface area contributed by atoms with Gasteiger partial charge in [-0.3, -0.25) is 0 Å². The van der Waals surface area contributed by atoms with Gasteiger partial charge in [-0.25, -0.2) is 0 Å². The number of aliphatic hydroxyl groups excluding tert-OH is 2. The number of nitroso groups, excluding NO2 is 1. The van der Waals surface area contributed by atoms with Crippen molar-refractivity contribution in [2.75, 3.05) is 19.8 Å². The predicted molar refractivity (Wildman–Crippen MR) is 69.7 cm³/mol. The normalized spacial score (nSPS) is 16.5. The average Bonchev–Trinajstić information content (AvgIpc) is 2.26. The number of nitrogens with zero attached hydrogens (tertiary/aromatic N) is 1. The van der Waals surface area contributed by atoms with E-state index in [4.69, 9.17) is 10.2 Å². The van der Waals surface area contributed by atoms with Crippen LogP contribution in [0.2, 0.25) is 0 Å². The van der Waals surface area contributed by atoms with E-state index in [0.717, 1.165) is 32.1 Å². The van der Waals surface area contributed by atoms with E-state index in [0.29, 0.717) is 24.3 Å². The Morgan fingerprint density at radius 3 is 2.24 bits per heavy atom. The highest BCUT2D eigenvalue weighted by Crippen LogP contribution is 2.24. The Balaban J connectivity index is 3.92. The third-order valence-corrected chi connectivity index (χ3v) is 3.27. The van der Waals surface area contributed by atoms with Crippen LogP contribution >= 0.6 is 0 Å². The third kappa shape index (κ3) is 9.24. The second-order valence-corrected chi connectivity index (χ2v) is 5.24. The molecule has 3 atom stereocenters. The van der Waals surface area contributed by atoms with Crippen LogP contribution in [0.4, 0.5) is 0 Å². The van der Waals surface area contributed by atoms with Crippen LogP contribution < -0.4 is 0 Å². The fourth-order valence-corrected chi connectivity index (χ4v) is 2.46. The molecule has 4 heteroatoms. The van der Waals surface area contributed by atoms with Crippen LogP contribution in [-0.2, 0) is 0 Å². The lowest BCUT2D eigenvalue weighted by Gasteiger charge is -2.21. The Bertz CT molecular complexity index is 188. The Labute approximate surface area is 104 Å². The van der Waals surface area contributed by atoms with E-state index < -0.39 is 0 Å². The summed E-state index contributed by atoms with van der Waals surface area (Å²) in [6.45, 7) is 5.12. The molecule has 0 rings (SSSR count). The van der Waals surface area contributed by atoms with Gasteiger partial charge in [-0.1, -0.05) is 19.0 Å². The topological polar surface area (TPSA) is 69.9 Å². The molecule has 0 amide bonds. The molecule has 0 spiro atoms. The molecule has 0 radical (unpaired) electrons. The first kappa shape index (κ1) is 16.5. The van der Waals surface area contributed by atoms with E-state index in [1.54, 1.807) is 0 Å². The summed E-state index contributed by atoms with van der Waals surface area (Å²) in [5.74, 6) is 1.37. The maximum absolute atomic E-state index is 10.3. The highest BCUT2D eigenvalue weighted by molar-refractivity contribution is 4.68. The van der Waals surface area contributed by atoms with E-state index in [1.165, 1.54) is 0 Å². The molecule has 0 aliphatic rings. The van der Waals surface area contributed by atoms with Gasteiger partial charge in [-0.05, 0) is 49.9 Å². The zero-order valence-electron chi connectivity index (χ0n) is 11.1. The van der Waals surface area contributed by atoms with Gasteiger partial charge >= 0.3 is 0 Å². The molecule has 17 heavy (non-hydrogen) atoms. The van der Waals surface area contributed by atoms with Gasteiger partial charge in [0.15, 0.2) is 0 Å². The van der Waals surface area contributed by atoms with Crippen LogP contribution in [0.3, 0.4) is 0 Å². The first-order valence-corrected chi connectivity index (χ1v) is 6.64. The van der Waals surface area contributed by atoms with Crippen molar-refractivity contribution in [1.82, 2.24) is 0 Å². The molecule has 0 fully saturated rings. The molecule has 0 aliphatic heterocycles. The first-order chi connectivity index (χ1) is 8.13. The quantitative estimate of drug-likeness (QED) is 0.550. The second kappa shape index (κ2) is 10.7. The van der Waals surface area contributed by atoms with Gasteiger partial charge in [-0.2, -0.15) is 4.91 Å². The minimum atomic E-state index is 0.185. The van der Waals surface area contributed by atoms with Crippen molar-refractivity contribution in [3.63, 3.8) is 0 Å². The molecule has 0 aliphatic carbocycles. The van der Waals surface area contributed by atoms with Crippen molar-refractivity contribution < 1.29 is 10.2 Å². The molecular formula is C13H27NO3. The van der Waals surface area contributed by atoms with Crippen molar-refractivity contribution in [2.45, 2.75) is 46.0 Å². The second-order valence-electron chi connectivity index (χ2n) is 5.24. The molecule has 0 saturated heterocycles. The summed E-state index contributed by atoms with van der Waals surface area (Å²) >= 11 is 0. The first-order valence-electron chi connectivity index (χ1n) is 6.64. The van der Waals surface area contributed by atoms with Crippen LogP contribution in [0.5, 0.6) is 0 Å². The van der Waals surface area contributed by atoms with E-state index in [-0.39, 0.29) is 13.2 Å². The summed E-state index contributed by atoms with van der Waals surface area (Å²) < 4.78 is 0. The lowest BCUT2D eigenvalue weighted by molar-refractivity contribution is 0.233. The highest BCUT2D eigenvalue weighted by atomic mass is 16.3. The SMILES string of the molecule is CC(CCO)CC(C)CC(CCCO)CN=O. The van der Waals surface area contributed by atoms with Crippen molar-refractivity contribution in [2.24, 2.45) is 22.9 Å². The van der Waals surface area contributed by atoms with E-state index in [9.17, 15) is 4.91 Å². The van der Waals surface area contributed by atoms with Crippen molar-refractivity contribution in [3.05, 3.63) is 4.91 Å². The van der Waals surface area contributed by atoms with Gasteiger partial charge in [0, 0.05) is 13.2 Å². The fourth-order valence-electron chi connectivity index (χ4n) is 2.46. The smallest absolute Gasteiger partial charge is 0.0839 e. The van der Waals surface area contributed by atoms with Gasteiger partial charge in [0.1, 0.15) is 0 Å². The molecular weight excluding hydrogens is 218 g/mol. The summed E-state index contributed by atoms with van der Waals surface area (Å²) in [6.07, 6.45) is 4.54. The molecule has 4 nitrogen and oxygen atoms in total. The van der Waals surface area contributed by atoms with Crippen LogP contribution in [0, 0.1) is 22.7 Å². The molecule has 2 N–H and O–H groups in total. The highest BCUT2D eigenvalue weighted by Gasteiger charge is 2.15. The maximum atomic E-state index is 10.3.